The summed E-state index contributed by atoms with van der Waals surface area (Å²) in [6, 6.07) is 1.77. The Morgan fingerprint density at radius 1 is 1.50 bits per heavy atom. The highest BCUT2D eigenvalue weighted by atomic mass is 32.1. The van der Waals surface area contributed by atoms with Crippen LogP contribution in [0.5, 0.6) is 0 Å². The summed E-state index contributed by atoms with van der Waals surface area (Å²) in [5, 5.41) is 7.04. The van der Waals surface area contributed by atoms with Gasteiger partial charge >= 0.3 is 0 Å². The van der Waals surface area contributed by atoms with Crippen molar-refractivity contribution in [3.63, 3.8) is 0 Å². The number of hydrogen-bond acceptors (Lipinski definition) is 8. The maximum absolute atomic E-state index is 12.1. The van der Waals surface area contributed by atoms with Crippen LogP contribution < -0.4 is 16.8 Å². The molecule has 0 amide bonds. The number of anilines is 1. The normalized spacial score (nSPS) is 10.9. The van der Waals surface area contributed by atoms with Crippen LogP contribution in [0.15, 0.2) is 22.6 Å². The van der Waals surface area contributed by atoms with Gasteiger partial charge in [-0.25, -0.2) is 10.8 Å². The second kappa shape index (κ2) is 4.44. The molecule has 0 bridgehead atoms. The number of thiophene rings is 1. The van der Waals surface area contributed by atoms with Crippen molar-refractivity contribution in [1.29, 1.82) is 0 Å². The molecule has 0 unspecified atom stereocenters. The summed E-state index contributed by atoms with van der Waals surface area (Å²) in [5.74, 6) is 5.34. The highest BCUT2D eigenvalue weighted by Crippen LogP contribution is 2.17. The first kappa shape index (κ1) is 11.3. The lowest BCUT2D eigenvalue weighted by Gasteiger charge is -2.03. The molecule has 0 radical (unpaired) electrons. The van der Waals surface area contributed by atoms with Gasteiger partial charge in [0.05, 0.1) is 18.3 Å². The minimum Gasteiger partial charge on any atom is -0.313 e. The zero-order chi connectivity index (χ0) is 12.5. The van der Waals surface area contributed by atoms with Gasteiger partial charge in [0.1, 0.15) is 15.5 Å². The summed E-state index contributed by atoms with van der Waals surface area (Å²) < 4.78 is 5.28. The van der Waals surface area contributed by atoms with Crippen molar-refractivity contribution < 1.29 is 0 Å². The Labute approximate surface area is 109 Å². The molecule has 3 heterocycles. The molecule has 3 aromatic rings. The van der Waals surface area contributed by atoms with Crippen molar-refractivity contribution in [3.05, 3.63) is 33.8 Å². The third-order valence-electron chi connectivity index (χ3n) is 2.46. The van der Waals surface area contributed by atoms with Gasteiger partial charge in [0, 0.05) is 11.5 Å². The molecule has 0 saturated carbocycles. The second-order valence-electron chi connectivity index (χ2n) is 3.51. The van der Waals surface area contributed by atoms with E-state index in [0.717, 1.165) is 16.4 Å². The number of fused-ring (bicyclic) bond motifs is 1. The number of nitrogens with two attached hydrogens (primary N) is 1. The molecule has 3 rings (SSSR count). The summed E-state index contributed by atoms with van der Waals surface area (Å²) in [5.41, 5.74) is 3.05. The maximum Gasteiger partial charge on any atom is 0.262 e. The van der Waals surface area contributed by atoms with Crippen molar-refractivity contribution >= 4 is 38.1 Å². The Morgan fingerprint density at radius 3 is 3.22 bits per heavy atom. The van der Waals surface area contributed by atoms with Crippen LogP contribution in [0.1, 0.15) is 5.69 Å². The lowest BCUT2D eigenvalue weighted by molar-refractivity contribution is 0.728. The predicted molar refractivity (Wildman–Crippen MR) is 70.7 cm³/mol. The van der Waals surface area contributed by atoms with Crippen LogP contribution >= 0.6 is 22.9 Å². The summed E-state index contributed by atoms with van der Waals surface area (Å²) in [4.78, 5) is 17.1. The van der Waals surface area contributed by atoms with Crippen LogP contribution in [0, 0.1) is 0 Å². The van der Waals surface area contributed by atoms with Crippen LogP contribution in [0.4, 0.5) is 5.00 Å². The van der Waals surface area contributed by atoms with Crippen molar-refractivity contribution in [1.82, 2.24) is 19.1 Å². The zero-order valence-electron chi connectivity index (χ0n) is 9.03. The molecule has 0 aromatic carbocycles. The van der Waals surface area contributed by atoms with Crippen LogP contribution in [0.2, 0.25) is 0 Å². The maximum atomic E-state index is 12.1. The molecule has 9 heteroatoms. The molecule has 0 fully saturated rings. The van der Waals surface area contributed by atoms with Gasteiger partial charge in [-0.3, -0.25) is 9.36 Å². The Morgan fingerprint density at radius 2 is 2.39 bits per heavy atom. The number of hydrogen-bond donors (Lipinski definition) is 2. The van der Waals surface area contributed by atoms with Crippen molar-refractivity contribution in [2.75, 3.05) is 5.43 Å². The van der Waals surface area contributed by atoms with E-state index in [-0.39, 0.29) is 5.56 Å². The summed E-state index contributed by atoms with van der Waals surface area (Å²) in [6.45, 7) is 0.299. The summed E-state index contributed by atoms with van der Waals surface area (Å²) in [7, 11) is 0. The molecule has 0 spiro atoms. The Bertz CT molecular complexity index is 745. The molecule has 0 saturated heterocycles. The Balaban J connectivity index is 2.05. The second-order valence-corrected chi connectivity index (χ2v) is 5.16. The first-order valence-corrected chi connectivity index (χ1v) is 6.65. The van der Waals surface area contributed by atoms with E-state index in [1.807, 2.05) is 5.38 Å². The minimum absolute atomic E-state index is 0.0859. The SMILES string of the molecule is NNc1snnc1Cn1cnc2sccc2c1=O. The largest absolute Gasteiger partial charge is 0.313 e. The molecule has 18 heavy (non-hydrogen) atoms. The molecule has 92 valence electrons. The van der Waals surface area contributed by atoms with E-state index < -0.39 is 0 Å². The number of rotatable bonds is 3. The summed E-state index contributed by atoms with van der Waals surface area (Å²) >= 11 is 2.59. The molecule has 0 atom stereocenters. The Kier molecular flexibility index (Phi) is 2.78. The average Bonchev–Trinajstić information content (AvgIpc) is 3.01. The van der Waals surface area contributed by atoms with Crippen LogP contribution in [-0.4, -0.2) is 19.1 Å². The van der Waals surface area contributed by atoms with Gasteiger partial charge in [-0.05, 0) is 11.4 Å². The molecular formula is C9H8N6OS2. The number of nitrogen functional groups attached to an aromatic ring is 1. The fraction of sp³-hybridized carbons (Fsp3) is 0.111. The van der Waals surface area contributed by atoms with Gasteiger partial charge in [0.25, 0.3) is 5.56 Å². The monoisotopic (exact) mass is 280 g/mol. The fourth-order valence-corrected chi connectivity index (χ4v) is 2.80. The van der Waals surface area contributed by atoms with Crippen molar-refractivity contribution in [2.24, 2.45) is 5.84 Å². The number of nitrogens with one attached hydrogen (secondary N) is 1. The third-order valence-corrected chi connectivity index (χ3v) is 3.98. The minimum atomic E-state index is -0.0859. The van der Waals surface area contributed by atoms with Gasteiger partial charge in [-0.15, -0.1) is 16.4 Å². The molecule has 7 nitrogen and oxygen atoms in total. The average molecular weight is 280 g/mol. The Hall–Kier alpha value is -1.84. The van der Waals surface area contributed by atoms with Crippen molar-refractivity contribution in [3.8, 4) is 0 Å². The van der Waals surface area contributed by atoms with E-state index in [0.29, 0.717) is 22.6 Å². The topological polar surface area (TPSA) is 98.7 Å². The highest BCUT2D eigenvalue weighted by Gasteiger charge is 2.10. The van der Waals surface area contributed by atoms with Crippen LogP contribution in [0.3, 0.4) is 0 Å². The summed E-state index contributed by atoms with van der Waals surface area (Å²) in [6.07, 6.45) is 1.51. The molecular weight excluding hydrogens is 272 g/mol. The first-order valence-electron chi connectivity index (χ1n) is 5.00. The number of hydrazine groups is 1. The number of nitrogens with zero attached hydrogens (tertiary/aromatic N) is 4. The van der Waals surface area contributed by atoms with Gasteiger partial charge in [-0.1, -0.05) is 4.49 Å². The van der Waals surface area contributed by atoms with E-state index in [9.17, 15) is 4.79 Å². The lowest BCUT2D eigenvalue weighted by atomic mass is 10.4. The van der Waals surface area contributed by atoms with Crippen molar-refractivity contribution in [2.45, 2.75) is 6.54 Å². The standard InChI is InChI=1S/C9H8N6OS2/c10-12-8-6(13-14-18-8)3-15-4-11-7-5(9(15)16)1-2-17-7/h1-2,4,12H,3,10H2. The molecule has 3 aromatic heterocycles. The van der Waals surface area contributed by atoms with Gasteiger partial charge in [-0.2, -0.15) is 0 Å². The predicted octanol–water partition coefficient (Wildman–Crippen LogP) is 0.643. The van der Waals surface area contributed by atoms with Crippen LogP contribution in [0.25, 0.3) is 10.2 Å². The molecule has 0 aliphatic rings. The lowest BCUT2D eigenvalue weighted by Crippen LogP contribution is -2.21. The first-order chi connectivity index (χ1) is 8.79. The van der Waals surface area contributed by atoms with Gasteiger partial charge in [0.15, 0.2) is 0 Å². The van der Waals surface area contributed by atoms with E-state index in [1.54, 1.807) is 6.07 Å². The molecule has 0 aliphatic carbocycles. The van der Waals surface area contributed by atoms with E-state index in [2.05, 4.69) is 20.0 Å². The van der Waals surface area contributed by atoms with Gasteiger partial charge in [0.2, 0.25) is 0 Å². The fourth-order valence-electron chi connectivity index (χ4n) is 1.59. The zero-order valence-corrected chi connectivity index (χ0v) is 10.7. The van der Waals surface area contributed by atoms with E-state index in [4.69, 9.17) is 5.84 Å². The number of aromatic nitrogens is 4. The highest BCUT2D eigenvalue weighted by molar-refractivity contribution is 7.16. The van der Waals surface area contributed by atoms with Crippen LogP contribution in [-0.2, 0) is 6.54 Å². The van der Waals surface area contributed by atoms with E-state index >= 15 is 0 Å². The molecule has 3 N–H and O–H groups in total. The van der Waals surface area contributed by atoms with Gasteiger partial charge < -0.3 is 5.43 Å². The smallest absolute Gasteiger partial charge is 0.262 e. The molecule has 0 aliphatic heterocycles. The van der Waals surface area contributed by atoms with E-state index in [1.165, 1.54) is 22.2 Å². The quantitative estimate of drug-likeness (QED) is 0.539. The third kappa shape index (κ3) is 1.78.